The molecule has 0 aliphatic carbocycles. The summed E-state index contributed by atoms with van der Waals surface area (Å²) in [5, 5.41) is 5.35. The number of rotatable bonds is 6. The van der Waals surface area contributed by atoms with Gasteiger partial charge in [0.05, 0.1) is 5.92 Å². The minimum Gasteiger partial charge on any atom is -0.355 e. The zero-order valence-electron chi connectivity index (χ0n) is 14.2. The maximum absolute atomic E-state index is 12.3. The molecule has 0 bridgehead atoms. The van der Waals surface area contributed by atoms with Crippen molar-refractivity contribution < 1.29 is 14.4 Å². The molecule has 1 heterocycles. The molecule has 3 amide bonds. The fraction of sp³-hybridized carbons (Fsp3) is 0.471. The number of nitrogens with one attached hydrogen (secondary N) is 2. The summed E-state index contributed by atoms with van der Waals surface area (Å²) in [4.78, 5) is 39.0. The molecule has 1 aromatic rings. The van der Waals surface area contributed by atoms with Gasteiger partial charge in [-0.25, -0.2) is 0 Å². The Bertz CT molecular complexity index is 618. The van der Waals surface area contributed by atoms with E-state index in [0.29, 0.717) is 13.1 Å². The highest BCUT2D eigenvalue weighted by atomic mass is 32.2. The average Bonchev–Trinajstić information content (AvgIpc) is 2.97. The van der Waals surface area contributed by atoms with Crippen LogP contribution in [0.4, 0.5) is 5.69 Å². The maximum Gasteiger partial charge on any atom is 0.242 e. The number of amides is 3. The smallest absolute Gasteiger partial charge is 0.242 e. The molecule has 1 aliphatic rings. The van der Waals surface area contributed by atoms with Crippen molar-refractivity contribution in [1.29, 1.82) is 0 Å². The van der Waals surface area contributed by atoms with E-state index in [9.17, 15) is 14.4 Å². The van der Waals surface area contributed by atoms with Crippen LogP contribution in [0.25, 0.3) is 0 Å². The number of anilines is 1. The minimum atomic E-state index is -0.609. The quantitative estimate of drug-likeness (QED) is 0.761. The number of hydrogen-bond acceptors (Lipinski definition) is 4. The molecule has 6 nitrogen and oxygen atoms in total. The van der Waals surface area contributed by atoms with Crippen LogP contribution in [0.1, 0.15) is 20.3 Å². The van der Waals surface area contributed by atoms with E-state index < -0.39 is 12.0 Å². The van der Waals surface area contributed by atoms with Gasteiger partial charge in [0.1, 0.15) is 6.04 Å². The lowest BCUT2D eigenvalue weighted by Crippen LogP contribution is -2.47. The summed E-state index contributed by atoms with van der Waals surface area (Å²) in [6.45, 7) is 4.31. The van der Waals surface area contributed by atoms with Gasteiger partial charge in [0.2, 0.25) is 17.7 Å². The van der Waals surface area contributed by atoms with E-state index in [1.807, 2.05) is 37.4 Å². The van der Waals surface area contributed by atoms with Crippen molar-refractivity contribution in [2.24, 2.45) is 5.92 Å². The van der Waals surface area contributed by atoms with E-state index in [-0.39, 0.29) is 24.1 Å². The number of hydrogen-bond donors (Lipinski definition) is 2. The predicted molar refractivity (Wildman–Crippen MR) is 95.0 cm³/mol. The van der Waals surface area contributed by atoms with Crippen molar-refractivity contribution in [3.8, 4) is 0 Å². The Labute approximate surface area is 146 Å². The van der Waals surface area contributed by atoms with Crippen LogP contribution >= 0.6 is 11.8 Å². The summed E-state index contributed by atoms with van der Waals surface area (Å²) < 4.78 is 0. The van der Waals surface area contributed by atoms with Gasteiger partial charge < -0.3 is 15.5 Å². The van der Waals surface area contributed by atoms with Gasteiger partial charge in [0.15, 0.2) is 0 Å². The Morgan fingerprint density at radius 2 is 2.00 bits per heavy atom. The highest BCUT2D eigenvalue weighted by molar-refractivity contribution is 7.98. The standard InChI is InChI=1S/C17H23N3O3S/c1-4-18-16(22)11(2)19-17(23)12-9-15(21)20(10-12)13-5-7-14(24-3)8-6-13/h5-8,11-12H,4,9-10H2,1-3H3,(H,18,22)(H,19,23)/t11-,12+/m0/s1. The number of nitrogens with zero attached hydrogens (tertiary/aromatic N) is 1. The number of carbonyl (C=O) groups excluding carboxylic acids is 3. The molecule has 1 saturated heterocycles. The van der Waals surface area contributed by atoms with Crippen LogP contribution in [0.3, 0.4) is 0 Å². The third-order valence-corrected chi connectivity index (χ3v) is 4.73. The zero-order chi connectivity index (χ0) is 17.7. The van der Waals surface area contributed by atoms with Crippen molar-refractivity contribution in [2.75, 3.05) is 24.2 Å². The number of benzene rings is 1. The Morgan fingerprint density at radius 1 is 1.33 bits per heavy atom. The molecule has 1 aliphatic heterocycles. The van der Waals surface area contributed by atoms with E-state index >= 15 is 0 Å². The normalized spacial score (nSPS) is 18.4. The Morgan fingerprint density at radius 3 is 2.58 bits per heavy atom. The topological polar surface area (TPSA) is 78.5 Å². The summed E-state index contributed by atoms with van der Waals surface area (Å²) in [6, 6.07) is 7.08. The van der Waals surface area contributed by atoms with Crippen molar-refractivity contribution in [3.05, 3.63) is 24.3 Å². The summed E-state index contributed by atoms with van der Waals surface area (Å²) in [5.41, 5.74) is 0.796. The molecular weight excluding hydrogens is 326 g/mol. The lowest BCUT2D eigenvalue weighted by molar-refractivity contribution is -0.130. The molecule has 0 spiro atoms. The van der Waals surface area contributed by atoms with Gasteiger partial charge in [-0.1, -0.05) is 0 Å². The van der Waals surface area contributed by atoms with Crippen LogP contribution in [0, 0.1) is 5.92 Å². The van der Waals surface area contributed by atoms with Gasteiger partial charge in [0.25, 0.3) is 0 Å². The fourth-order valence-electron chi connectivity index (χ4n) is 2.62. The second-order valence-electron chi connectivity index (χ2n) is 5.73. The number of thioether (sulfide) groups is 1. The van der Waals surface area contributed by atoms with Crippen LogP contribution in [0.15, 0.2) is 29.2 Å². The first kappa shape index (κ1) is 18.3. The highest BCUT2D eigenvalue weighted by Gasteiger charge is 2.35. The van der Waals surface area contributed by atoms with Crippen LogP contribution in [-0.2, 0) is 14.4 Å². The van der Waals surface area contributed by atoms with Crippen molar-refractivity contribution in [2.45, 2.75) is 31.2 Å². The molecule has 2 rings (SSSR count). The van der Waals surface area contributed by atoms with E-state index in [1.54, 1.807) is 23.6 Å². The summed E-state index contributed by atoms with van der Waals surface area (Å²) in [6.07, 6.45) is 2.16. The SMILES string of the molecule is CCNC(=O)[C@H](C)NC(=O)[C@@H]1CC(=O)N(c2ccc(SC)cc2)C1. The van der Waals surface area contributed by atoms with E-state index in [0.717, 1.165) is 10.6 Å². The molecule has 24 heavy (non-hydrogen) atoms. The molecule has 130 valence electrons. The van der Waals surface area contributed by atoms with Crippen molar-refractivity contribution in [3.63, 3.8) is 0 Å². The largest absolute Gasteiger partial charge is 0.355 e. The Hall–Kier alpha value is -2.02. The monoisotopic (exact) mass is 349 g/mol. The number of carbonyl (C=O) groups is 3. The van der Waals surface area contributed by atoms with Crippen LogP contribution in [0.5, 0.6) is 0 Å². The Balaban J connectivity index is 1.98. The third-order valence-electron chi connectivity index (χ3n) is 3.98. The minimum absolute atomic E-state index is 0.0716. The van der Waals surface area contributed by atoms with Crippen LogP contribution in [0.2, 0.25) is 0 Å². The van der Waals surface area contributed by atoms with Gasteiger partial charge in [-0.2, -0.15) is 0 Å². The molecule has 2 N–H and O–H groups in total. The first-order valence-corrected chi connectivity index (χ1v) is 9.21. The predicted octanol–water partition coefficient (Wildman–Crippen LogP) is 1.40. The van der Waals surface area contributed by atoms with E-state index in [1.165, 1.54) is 0 Å². The summed E-state index contributed by atoms with van der Waals surface area (Å²) in [7, 11) is 0. The van der Waals surface area contributed by atoms with Gasteiger partial charge in [0, 0.05) is 30.1 Å². The number of likely N-dealkylation sites (N-methyl/N-ethyl adjacent to an activating group) is 1. The van der Waals surface area contributed by atoms with Gasteiger partial charge in [-0.05, 0) is 44.4 Å². The first-order valence-electron chi connectivity index (χ1n) is 7.98. The van der Waals surface area contributed by atoms with Crippen molar-refractivity contribution in [1.82, 2.24) is 10.6 Å². The molecule has 0 aromatic heterocycles. The van der Waals surface area contributed by atoms with E-state index in [2.05, 4.69) is 10.6 Å². The molecule has 0 saturated carbocycles. The third kappa shape index (κ3) is 4.29. The highest BCUT2D eigenvalue weighted by Crippen LogP contribution is 2.27. The van der Waals surface area contributed by atoms with Crippen LogP contribution in [-0.4, -0.2) is 43.1 Å². The molecular formula is C17H23N3O3S. The lowest BCUT2D eigenvalue weighted by atomic mass is 10.1. The van der Waals surface area contributed by atoms with Gasteiger partial charge in [-0.3, -0.25) is 14.4 Å². The second-order valence-corrected chi connectivity index (χ2v) is 6.61. The second kappa shape index (κ2) is 8.19. The van der Waals surface area contributed by atoms with Gasteiger partial charge in [-0.15, -0.1) is 11.8 Å². The zero-order valence-corrected chi connectivity index (χ0v) is 15.0. The van der Waals surface area contributed by atoms with E-state index in [4.69, 9.17) is 0 Å². The molecule has 0 radical (unpaired) electrons. The summed E-state index contributed by atoms with van der Waals surface area (Å²) >= 11 is 1.63. The fourth-order valence-corrected chi connectivity index (χ4v) is 3.03. The van der Waals surface area contributed by atoms with Crippen molar-refractivity contribution >= 4 is 35.2 Å². The molecule has 2 atom stereocenters. The first-order chi connectivity index (χ1) is 11.5. The molecule has 1 fully saturated rings. The van der Waals surface area contributed by atoms with Crippen LogP contribution < -0.4 is 15.5 Å². The maximum atomic E-state index is 12.3. The average molecular weight is 349 g/mol. The Kier molecular flexibility index (Phi) is 6.25. The molecule has 1 aromatic carbocycles. The molecule has 0 unspecified atom stereocenters. The molecule has 7 heteroatoms. The van der Waals surface area contributed by atoms with Gasteiger partial charge >= 0.3 is 0 Å². The summed E-state index contributed by atoms with van der Waals surface area (Å²) in [5.74, 6) is -0.989. The lowest BCUT2D eigenvalue weighted by Gasteiger charge is -2.18.